The number of methoxy groups -OCH3 is 2. The molecule has 0 unspecified atom stereocenters. The second kappa shape index (κ2) is 8.78. The van der Waals surface area contributed by atoms with Crippen LogP contribution in [0.4, 0.5) is 0 Å². The first-order chi connectivity index (χ1) is 10.1. The van der Waals surface area contributed by atoms with Crippen molar-refractivity contribution in [3.05, 3.63) is 22.7 Å². The summed E-state index contributed by atoms with van der Waals surface area (Å²) in [4.78, 5) is 13.8. The number of hydrogen-bond donors (Lipinski definition) is 0. The van der Waals surface area contributed by atoms with Crippen molar-refractivity contribution < 1.29 is 14.3 Å². The van der Waals surface area contributed by atoms with Crippen molar-refractivity contribution in [2.75, 3.05) is 27.3 Å². The molecule has 0 fully saturated rings. The van der Waals surface area contributed by atoms with Crippen molar-refractivity contribution in [1.29, 1.82) is 0 Å². The van der Waals surface area contributed by atoms with E-state index in [-0.39, 0.29) is 5.91 Å². The molecule has 5 heteroatoms. The van der Waals surface area contributed by atoms with Gasteiger partial charge in [-0.2, -0.15) is 0 Å². The minimum atomic E-state index is 0.174. The van der Waals surface area contributed by atoms with Crippen molar-refractivity contribution in [2.45, 2.75) is 33.1 Å². The van der Waals surface area contributed by atoms with E-state index in [1.54, 1.807) is 14.2 Å². The predicted octanol–water partition coefficient (Wildman–Crippen LogP) is 3.55. The Balaban J connectivity index is 2.85. The normalized spacial score (nSPS) is 10.3. The van der Waals surface area contributed by atoms with Crippen LogP contribution in [-0.4, -0.2) is 38.1 Å². The van der Waals surface area contributed by atoms with Crippen LogP contribution in [-0.2, 0) is 11.2 Å². The standard InChI is InChI=1S/C16H24ClNO3/c1-5-10-18(14(19)6-2)11-9-12-7-8-13(20-3)16(21-4)15(12)17/h7-8H,5-6,9-11H2,1-4H3. The molecule has 0 aliphatic carbocycles. The highest BCUT2D eigenvalue weighted by Gasteiger charge is 2.15. The van der Waals surface area contributed by atoms with Crippen LogP contribution in [0.5, 0.6) is 11.5 Å². The average molecular weight is 314 g/mol. The molecule has 0 aromatic heterocycles. The third-order valence-electron chi connectivity index (χ3n) is 3.36. The lowest BCUT2D eigenvalue weighted by atomic mass is 10.1. The molecule has 0 saturated carbocycles. The molecule has 0 saturated heterocycles. The fourth-order valence-electron chi connectivity index (χ4n) is 2.23. The molecule has 4 nitrogen and oxygen atoms in total. The number of carbonyl (C=O) groups excluding carboxylic acids is 1. The number of carbonyl (C=O) groups is 1. The van der Waals surface area contributed by atoms with E-state index in [2.05, 4.69) is 6.92 Å². The molecule has 0 atom stereocenters. The minimum absolute atomic E-state index is 0.174. The van der Waals surface area contributed by atoms with Crippen LogP contribution >= 0.6 is 11.6 Å². The Hall–Kier alpha value is -1.42. The number of rotatable bonds is 8. The largest absolute Gasteiger partial charge is 0.493 e. The Labute approximate surface area is 132 Å². The van der Waals surface area contributed by atoms with E-state index in [4.69, 9.17) is 21.1 Å². The molecular weight excluding hydrogens is 290 g/mol. The number of benzene rings is 1. The van der Waals surface area contributed by atoms with Gasteiger partial charge in [-0.15, -0.1) is 0 Å². The number of nitrogens with zero attached hydrogens (tertiary/aromatic N) is 1. The van der Waals surface area contributed by atoms with Gasteiger partial charge >= 0.3 is 0 Å². The van der Waals surface area contributed by atoms with Gasteiger partial charge in [0, 0.05) is 19.5 Å². The molecule has 21 heavy (non-hydrogen) atoms. The van der Waals surface area contributed by atoms with Gasteiger partial charge in [0.15, 0.2) is 11.5 Å². The van der Waals surface area contributed by atoms with E-state index >= 15 is 0 Å². The van der Waals surface area contributed by atoms with Crippen LogP contribution in [0.3, 0.4) is 0 Å². The first-order valence-electron chi connectivity index (χ1n) is 7.26. The van der Waals surface area contributed by atoms with Crippen molar-refractivity contribution in [3.8, 4) is 11.5 Å². The summed E-state index contributed by atoms with van der Waals surface area (Å²) in [5, 5.41) is 0.553. The first-order valence-corrected chi connectivity index (χ1v) is 7.63. The molecular formula is C16H24ClNO3. The highest BCUT2D eigenvalue weighted by atomic mass is 35.5. The summed E-state index contributed by atoms with van der Waals surface area (Å²) in [6, 6.07) is 3.76. The second-order valence-corrected chi connectivity index (χ2v) is 5.14. The summed E-state index contributed by atoms with van der Waals surface area (Å²) in [5.41, 5.74) is 0.958. The van der Waals surface area contributed by atoms with Crippen LogP contribution in [0, 0.1) is 0 Å². The molecule has 0 N–H and O–H groups in total. The van der Waals surface area contributed by atoms with Crippen LogP contribution < -0.4 is 9.47 Å². The molecule has 0 aliphatic rings. The Morgan fingerprint density at radius 3 is 2.43 bits per heavy atom. The Kier molecular flexibility index (Phi) is 7.37. The zero-order valence-corrected chi connectivity index (χ0v) is 14.0. The molecule has 118 valence electrons. The zero-order valence-electron chi connectivity index (χ0n) is 13.2. The molecule has 0 aliphatic heterocycles. The fraction of sp³-hybridized carbons (Fsp3) is 0.562. The smallest absolute Gasteiger partial charge is 0.222 e. The second-order valence-electron chi connectivity index (χ2n) is 4.76. The number of amides is 1. The lowest BCUT2D eigenvalue weighted by Gasteiger charge is -2.22. The Bertz CT molecular complexity index is 477. The van der Waals surface area contributed by atoms with Crippen molar-refractivity contribution in [3.63, 3.8) is 0 Å². The van der Waals surface area contributed by atoms with Gasteiger partial charge in [0.05, 0.1) is 19.2 Å². The van der Waals surface area contributed by atoms with Gasteiger partial charge in [-0.25, -0.2) is 0 Å². The van der Waals surface area contributed by atoms with Gasteiger partial charge in [-0.05, 0) is 24.5 Å². The molecule has 0 bridgehead atoms. The third-order valence-corrected chi connectivity index (χ3v) is 3.78. The van der Waals surface area contributed by atoms with E-state index in [0.717, 1.165) is 18.5 Å². The van der Waals surface area contributed by atoms with E-state index in [0.29, 0.717) is 35.9 Å². The lowest BCUT2D eigenvalue weighted by Crippen LogP contribution is -2.33. The lowest BCUT2D eigenvalue weighted by molar-refractivity contribution is -0.130. The van der Waals surface area contributed by atoms with Gasteiger partial charge in [0.2, 0.25) is 5.91 Å². The maximum Gasteiger partial charge on any atom is 0.222 e. The maximum absolute atomic E-state index is 11.9. The third kappa shape index (κ3) is 4.53. The number of hydrogen-bond acceptors (Lipinski definition) is 3. The quantitative estimate of drug-likeness (QED) is 0.736. The highest BCUT2D eigenvalue weighted by molar-refractivity contribution is 6.33. The van der Waals surface area contributed by atoms with Crippen LogP contribution in [0.15, 0.2) is 12.1 Å². The molecule has 1 aromatic rings. The van der Waals surface area contributed by atoms with Crippen LogP contribution in [0.1, 0.15) is 32.3 Å². The van der Waals surface area contributed by atoms with Gasteiger partial charge < -0.3 is 14.4 Å². The van der Waals surface area contributed by atoms with Crippen molar-refractivity contribution in [1.82, 2.24) is 4.90 Å². The van der Waals surface area contributed by atoms with Crippen molar-refractivity contribution >= 4 is 17.5 Å². The van der Waals surface area contributed by atoms with Crippen LogP contribution in [0.25, 0.3) is 0 Å². The molecule has 0 heterocycles. The summed E-state index contributed by atoms with van der Waals surface area (Å²) in [6.07, 6.45) is 2.18. The SMILES string of the molecule is CCCN(CCc1ccc(OC)c(OC)c1Cl)C(=O)CC. The van der Waals surface area contributed by atoms with E-state index in [1.165, 1.54) is 0 Å². The van der Waals surface area contributed by atoms with E-state index in [9.17, 15) is 4.79 Å². The summed E-state index contributed by atoms with van der Waals surface area (Å²) in [7, 11) is 3.15. The number of halogens is 1. The Morgan fingerprint density at radius 2 is 1.90 bits per heavy atom. The Morgan fingerprint density at radius 1 is 1.19 bits per heavy atom. The molecule has 0 spiro atoms. The molecule has 1 aromatic carbocycles. The van der Waals surface area contributed by atoms with Crippen LogP contribution in [0.2, 0.25) is 5.02 Å². The highest BCUT2D eigenvalue weighted by Crippen LogP contribution is 2.37. The monoisotopic (exact) mass is 313 g/mol. The molecule has 1 amide bonds. The maximum atomic E-state index is 11.9. The summed E-state index contributed by atoms with van der Waals surface area (Å²) >= 11 is 6.36. The topological polar surface area (TPSA) is 38.8 Å². The fourth-order valence-corrected chi connectivity index (χ4v) is 2.56. The van der Waals surface area contributed by atoms with Gasteiger partial charge in [0.1, 0.15) is 0 Å². The average Bonchev–Trinajstić information content (AvgIpc) is 2.51. The predicted molar refractivity (Wildman–Crippen MR) is 85.4 cm³/mol. The molecule has 1 rings (SSSR count). The van der Waals surface area contributed by atoms with Crippen molar-refractivity contribution in [2.24, 2.45) is 0 Å². The molecule has 0 radical (unpaired) electrons. The minimum Gasteiger partial charge on any atom is -0.493 e. The van der Waals surface area contributed by atoms with E-state index < -0.39 is 0 Å². The first kappa shape index (κ1) is 17.6. The zero-order chi connectivity index (χ0) is 15.8. The van der Waals surface area contributed by atoms with Gasteiger partial charge in [0.25, 0.3) is 0 Å². The van der Waals surface area contributed by atoms with E-state index in [1.807, 2.05) is 24.0 Å². The summed E-state index contributed by atoms with van der Waals surface area (Å²) in [6.45, 7) is 5.39. The summed E-state index contributed by atoms with van der Waals surface area (Å²) < 4.78 is 10.5. The summed E-state index contributed by atoms with van der Waals surface area (Å²) in [5.74, 6) is 1.33. The van der Waals surface area contributed by atoms with Gasteiger partial charge in [-0.1, -0.05) is 31.5 Å². The van der Waals surface area contributed by atoms with Gasteiger partial charge in [-0.3, -0.25) is 4.79 Å². The number of ether oxygens (including phenoxy) is 2.